The van der Waals surface area contributed by atoms with E-state index in [9.17, 15) is 4.39 Å². The summed E-state index contributed by atoms with van der Waals surface area (Å²) in [5, 5.41) is 4.14. The Bertz CT molecular complexity index is 528. The van der Waals surface area contributed by atoms with Crippen molar-refractivity contribution in [3.8, 4) is 0 Å². The lowest BCUT2D eigenvalue weighted by molar-refractivity contribution is 0.504. The molecule has 0 aliphatic rings. The highest BCUT2D eigenvalue weighted by atomic mass is 35.5. The standard InChI is InChI=1S/C15H16ClFN2/c1-2-14(15-8-7-12(17)10-19-15)18-9-11-5-3-4-6-13(11)16/h3-8,10,14,18H,2,9H2,1H3. The average molecular weight is 279 g/mol. The summed E-state index contributed by atoms with van der Waals surface area (Å²) in [6.07, 6.45) is 2.12. The third-order valence-corrected chi connectivity index (χ3v) is 3.38. The van der Waals surface area contributed by atoms with E-state index in [-0.39, 0.29) is 11.9 Å². The summed E-state index contributed by atoms with van der Waals surface area (Å²) in [6.45, 7) is 2.73. The van der Waals surface area contributed by atoms with Crippen LogP contribution in [-0.2, 0) is 6.54 Å². The highest BCUT2D eigenvalue weighted by Gasteiger charge is 2.10. The maximum absolute atomic E-state index is 12.9. The Hall–Kier alpha value is -1.45. The van der Waals surface area contributed by atoms with Crippen LogP contribution in [0.1, 0.15) is 30.6 Å². The first-order valence-corrected chi connectivity index (χ1v) is 6.66. The first-order valence-electron chi connectivity index (χ1n) is 6.29. The molecule has 2 rings (SSSR count). The monoisotopic (exact) mass is 278 g/mol. The number of nitrogens with zero attached hydrogens (tertiary/aromatic N) is 1. The molecular formula is C15H16ClFN2. The number of aromatic nitrogens is 1. The molecule has 0 fully saturated rings. The van der Waals surface area contributed by atoms with Gasteiger partial charge in [0.2, 0.25) is 0 Å². The van der Waals surface area contributed by atoms with Gasteiger partial charge in [0, 0.05) is 17.6 Å². The van der Waals surface area contributed by atoms with Crippen LogP contribution in [0.15, 0.2) is 42.6 Å². The van der Waals surface area contributed by atoms with Gasteiger partial charge in [-0.05, 0) is 30.2 Å². The number of benzene rings is 1. The second-order valence-corrected chi connectivity index (χ2v) is 4.74. The molecule has 4 heteroatoms. The van der Waals surface area contributed by atoms with E-state index in [1.54, 1.807) is 6.07 Å². The van der Waals surface area contributed by atoms with Crippen molar-refractivity contribution in [3.63, 3.8) is 0 Å². The van der Waals surface area contributed by atoms with Crippen LogP contribution in [0.5, 0.6) is 0 Å². The first-order chi connectivity index (χ1) is 9.20. The summed E-state index contributed by atoms with van der Waals surface area (Å²) in [7, 11) is 0. The van der Waals surface area contributed by atoms with E-state index >= 15 is 0 Å². The molecule has 0 saturated heterocycles. The molecular weight excluding hydrogens is 263 g/mol. The van der Waals surface area contributed by atoms with Crippen LogP contribution in [0.3, 0.4) is 0 Å². The predicted octanol–water partition coefficient (Wildman–Crippen LogP) is 4.12. The summed E-state index contributed by atoms with van der Waals surface area (Å²) in [5.74, 6) is -0.315. The number of hydrogen-bond donors (Lipinski definition) is 1. The van der Waals surface area contributed by atoms with Crippen molar-refractivity contribution in [1.82, 2.24) is 10.3 Å². The SMILES string of the molecule is CCC(NCc1ccccc1Cl)c1ccc(F)cn1. The summed E-state index contributed by atoms with van der Waals surface area (Å²) >= 11 is 6.11. The fraction of sp³-hybridized carbons (Fsp3) is 0.267. The zero-order valence-electron chi connectivity index (χ0n) is 10.7. The van der Waals surface area contributed by atoms with E-state index in [0.29, 0.717) is 6.54 Å². The van der Waals surface area contributed by atoms with Crippen LogP contribution in [0.25, 0.3) is 0 Å². The lowest BCUT2D eigenvalue weighted by Crippen LogP contribution is -2.21. The molecule has 1 heterocycles. The third-order valence-electron chi connectivity index (χ3n) is 3.01. The Balaban J connectivity index is 2.04. The van der Waals surface area contributed by atoms with Gasteiger partial charge in [-0.3, -0.25) is 4.98 Å². The summed E-state index contributed by atoms with van der Waals surface area (Å²) in [4.78, 5) is 4.11. The highest BCUT2D eigenvalue weighted by molar-refractivity contribution is 6.31. The zero-order valence-corrected chi connectivity index (χ0v) is 11.5. The second kappa shape index (κ2) is 6.64. The van der Waals surface area contributed by atoms with E-state index in [0.717, 1.165) is 22.7 Å². The van der Waals surface area contributed by atoms with Crippen molar-refractivity contribution in [1.29, 1.82) is 0 Å². The predicted molar refractivity (Wildman–Crippen MR) is 75.5 cm³/mol. The van der Waals surface area contributed by atoms with E-state index in [1.165, 1.54) is 12.3 Å². The maximum Gasteiger partial charge on any atom is 0.141 e. The fourth-order valence-corrected chi connectivity index (χ4v) is 2.13. The molecule has 1 atom stereocenters. The summed E-state index contributed by atoms with van der Waals surface area (Å²) < 4.78 is 12.9. The van der Waals surface area contributed by atoms with Crippen LogP contribution in [0.2, 0.25) is 5.02 Å². The second-order valence-electron chi connectivity index (χ2n) is 4.33. The maximum atomic E-state index is 12.9. The topological polar surface area (TPSA) is 24.9 Å². The number of hydrogen-bond acceptors (Lipinski definition) is 2. The molecule has 1 unspecified atom stereocenters. The smallest absolute Gasteiger partial charge is 0.141 e. The zero-order chi connectivity index (χ0) is 13.7. The molecule has 0 spiro atoms. The van der Waals surface area contributed by atoms with Gasteiger partial charge in [-0.2, -0.15) is 0 Å². The van der Waals surface area contributed by atoms with Crippen molar-refractivity contribution in [2.45, 2.75) is 25.9 Å². The van der Waals surface area contributed by atoms with Gasteiger partial charge >= 0.3 is 0 Å². The Morgan fingerprint density at radius 3 is 2.68 bits per heavy atom. The van der Waals surface area contributed by atoms with Gasteiger partial charge in [0.15, 0.2) is 0 Å². The van der Waals surface area contributed by atoms with Gasteiger partial charge in [-0.25, -0.2) is 4.39 Å². The van der Waals surface area contributed by atoms with Gasteiger partial charge in [-0.15, -0.1) is 0 Å². The minimum Gasteiger partial charge on any atom is -0.304 e. The summed E-state index contributed by atoms with van der Waals surface area (Å²) in [6, 6.07) is 11.0. The molecule has 2 nitrogen and oxygen atoms in total. The molecule has 100 valence electrons. The van der Waals surface area contributed by atoms with E-state index in [4.69, 9.17) is 11.6 Å². The van der Waals surface area contributed by atoms with Gasteiger partial charge in [0.1, 0.15) is 5.82 Å². The Labute approximate surface area is 117 Å². The molecule has 0 radical (unpaired) electrons. The summed E-state index contributed by atoms with van der Waals surface area (Å²) in [5.41, 5.74) is 1.89. The molecule has 1 aromatic carbocycles. The average Bonchev–Trinajstić information content (AvgIpc) is 2.43. The number of halogens is 2. The third kappa shape index (κ3) is 3.75. The van der Waals surface area contributed by atoms with Crippen LogP contribution < -0.4 is 5.32 Å². The Morgan fingerprint density at radius 2 is 2.05 bits per heavy atom. The van der Waals surface area contributed by atoms with Gasteiger partial charge in [-0.1, -0.05) is 36.7 Å². The molecule has 19 heavy (non-hydrogen) atoms. The van der Waals surface area contributed by atoms with Crippen LogP contribution in [0, 0.1) is 5.82 Å². The molecule has 1 aromatic heterocycles. The molecule has 0 amide bonds. The van der Waals surface area contributed by atoms with E-state index < -0.39 is 0 Å². The molecule has 0 aliphatic carbocycles. The van der Waals surface area contributed by atoms with E-state index in [1.807, 2.05) is 24.3 Å². The Morgan fingerprint density at radius 1 is 1.26 bits per heavy atom. The van der Waals surface area contributed by atoms with Crippen molar-refractivity contribution < 1.29 is 4.39 Å². The number of rotatable bonds is 5. The number of pyridine rings is 1. The highest BCUT2D eigenvalue weighted by Crippen LogP contribution is 2.18. The van der Waals surface area contributed by atoms with Crippen LogP contribution in [0.4, 0.5) is 4.39 Å². The van der Waals surface area contributed by atoms with Crippen LogP contribution in [-0.4, -0.2) is 4.98 Å². The van der Waals surface area contributed by atoms with Crippen molar-refractivity contribution in [2.24, 2.45) is 0 Å². The van der Waals surface area contributed by atoms with Gasteiger partial charge in [0.05, 0.1) is 11.9 Å². The van der Waals surface area contributed by atoms with Gasteiger partial charge < -0.3 is 5.32 Å². The minimum atomic E-state index is -0.315. The fourth-order valence-electron chi connectivity index (χ4n) is 1.93. The van der Waals surface area contributed by atoms with Crippen molar-refractivity contribution in [3.05, 3.63) is 64.7 Å². The molecule has 0 bridgehead atoms. The lowest BCUT2D eigenvalue weighted by atomic mass is 10.1. The van der Waals surface area contributed by atoms with E-state index in [2.05, 4.69) is 17.2 Å². The number of nitrogens with one attached hydrogen (secondary N) is 1. The molecule has 0 saturated carbocycles. The largest absolute Gasteiger partial charge is 0.304 e. The quantitative estimate of drug-likeness (QED) is 0.890. The first kappa shape index (κ1) is 14.0. The van der Waals surface area contributed by atoms with Gasteiger partial charge in [0.25, 0.3) is 0 Å². The van der Waals surface area contributed by atoms with Crippen LogP contribution >= 0.6 is 11.6 Å². The molecule has 2 aromatic rings. The van der Waals surface area contributed by atoms with Crippen molar-refractivity contribution in [2.75, 3.05) is 0 Å². The van der Waals surface area contributed by atoms with Crippen molar-refractivity contribution >= 4 is 11.6 Å². The molecule has 0 aliphatic heterocycles. The lowest BCUT2D eigenvalue weighted by Gasteiger charge is -2.17. The Kier molecular flexibility index (Phi) is 4.88. The normalized spacial score (nSPS) is 12.4. The minimum absolute atomic E-state index is 0.0943. The molecule has 1 N–H and O–H groups in total.